The van der Waals surface area contributed by atoms with Gasteiger partial charge in [-0.1, -0.05) is 11.6 Å². The number of amides is 1. The van der Waals surface area contributed by atoms with Crippen LogP contribution >= 0.6 is 11.6 Å². The van der Waals surface area contributed by atoms with Crippen molar-refractivity contribution in [2.75, 3.05) is 18.9 Å². The quantitative estimate of drug-likeness (QED) is 0.878. The summed E-state index contributed by atoms with van der Waals surface area (Å²) in [5.41, 5.74) is 1.49. The first-order valence-electron chi connectivity index (χ1n) is 5.91. The van der Waals surface area contributed by atoms with Crippen LogP contribution in [0.4, 0.5) is 5.69 Å². The first-order chi connectivity index (χ1) is 8.13. The van der Waals surface area contributed by atoms with E-state index in [4.69, 9.17) is 11.6 Å². The van der Waals surface area contributed by atoms with E-state index in [2.05, 4.69) is 12.2 Å². The third kappa shape index (κ3) is 2.39. The molecule has 1 fully saturated rings. The van der Waals surface area contributed by atoms with Crippen LogP contribution in [0, 0.1) is 0 Å². The molecular formula is C13H17ClN2O. The molecule has 1 aliphatic heterocycles. The summed E-state index contributed by atoms with van der Waals surface area (Å²) in [5, 5.41) is 3.63. The van der Waals surface area contributed by atoms with E-state index in [1.165, 1.54) is 0 Å². The molecule has 17 heavy (non-hydrogen) atoms. The van der Waals surface area contributed by atoms with Gasteiger partial charge < -0.3 is 10.2 Å². The lowest BCUT2D eigenvalue weighted by molar-refractivity contribution is 0.0748. The van der Waals surface area contributed by atoms with Gasteiger partial charge in [-0.05, 0) is 38.0 Å². The van der Waals surface area contributed by atoms with Crippen LogP contribution in [0.1, 0.15) is 30.1 Å². The Morgan fingerprint density at radius 2 is 2.29 bits per heavy atom. The maximum atomic E-state index is 12.4. The van der Waals surface area contributed by atoms with Gasteiger partial charge in [0.15, 0.2) is 0 Å². The number of likely N-dealkylation sites (tertiary alicyclic amines) is 1. The molecule has 0 spiro atoms. The summed E-state index contributed by atoms with van der Waals surface area (Å²) >= 11 is 5.96. The third-order valence-electron chi connectivity index (χ3n) is 3.30. The van der Waals surface area contributed by atoms with E-state index in [9.17, 15) is 4.79 Å². The molecular weight excluding hydrogens is 236 g/mol. The molecule has 1 N–H and O–H groups in total. The zero-order chi connectivity index (χ0) is 12.4. The molecule has 1 heterocycles. The smallest absolute Gasteiger partial charge is 0.256 e. The van der Waals surface area contributed by atoms with Crippen LogP contribution in [-0.4, -0.2) is 30.4 Å². The van der Waals surface area contributed by atoms with E-state index >= 15 is 0 Å². The normalized spacial score (nSPS) is 19.5. The largest absolute Gasteiger partial charge is 0.387 e. The summed E-state index contributed by atoms with van der Waals surface area (Å²) in [4.78, 5) is 14.3. The van der Waals surface area contributed by atoms with E-state index < -0.39 is 0 Å². The van der Waals surface area contributed by atoms with E-state index in [-0.39, 0.29) is 5.91 Å². The highest BCUT2D eigenvalue weighted by Crippen LogP contribution is 2.25. The second-order valence-electron chi connectivity index (χ2n) is 4.43. The third-order valence-corrected chi connectivity index (χ3v) is 3.53. The van der Waals surface area contributed by atoms with Crippen LogP contribution in [-0.2, 0) is 0 Å². The Balaban J connectivity index is 2.32. The van der Waals surface area contributed by atoms with Crippen molar-refractivity contribution in [3.05, 3.63) is 28.8 Å². The molecule has 1 aromatic rings. The minimum atomic E-state index is 0.0712. The average molecular weight is 253 g/mol. The number of benzene rings is 1. The highest BCUT2D eigenvalue weighted by atomic mass is 35.5. The SMILES string of the molecule is CNc1ccc(Cl)cc1C(=O)N1CCCC1C. The van der Waals surface area contributed by atoms with Crippen LogP contribution in [0.15, 0.2) is 18.2 Å². The number of rotatable bonds is 2. The van der Waals surface area contributed by atoms with Gasteiger partial charge in [-0.25, -0.2) is 0 Å². The second kappa shape index (κ2) is 4.96. The predicted molar refractivity (Wildman–Crippen MR) is 70.7 cm³/mol. The average Bonchev–Trinajstić information content (AvgIpc) is 2.74. The maximum Gasteiger partial charge on any atom is 0.256 e. The fourth-order valence-corrected chi connectivity index (χ4v) is 2.47. The second-order valence-corrected chi connectivity index (χ2v) is 4.87. The van der Waals surface area contributed by atoms with Gasteiger partial charge in [-0.2, -0.15) is 0 Å². The van der Waals surface area contributed by atoms with E-state index in [0.29, 0.717) is 16.6 Å². The highest BCUT2D eigenvalue weighted by Gasteiger charge is 2.27. The zero-order valence-corrected chi connectivity index (χ0v) is 10.9. The van der Waals surface area contributed by atoms with Crippen molar-refractivity contribution in [3.63, 3.8) is 0 Å². The lowest BCUT2D eigenvalue weighted by atomic mass is 10.1. The Morgan fingerprint density at radius 3 is 2.88 bits per heavy atom. The molecule has 1 aliphatic rings. The van der Waals surface area contributed by atoms with Crippen molar-refractivity contribution in [1.82, 2.24) is 4.90 Å². The number of carbonyl (C=O) groups is 1. The van der Waals surface area contributed by atoms with E-state index in [1.807, 2.05) is 18.0 Å². The van der Waals surface area contributed by atoms with Gasteiger partial charge in [0.2, 0.25) is 0 Å². The summed E-state index contributed by atoms with van der Waals surface area (Å²) in [6.45, 7) is 2.93. The summed E-state index contributed by atoms with van der Waals surface area (Å²) in [6, 6.07) is 5.69. The number of anilines is 1. The molecule has 0 radical (unpaired) electrons. The Kier molecular flexibility index (Phi) is 3.57. The van der Waals surface area contributed by atoms with Crippen LogP contribution in [0.5, 0.6) is 0 Å². The zero-order valence-electron chi connectivity index (χ0n) is 10.2. The molecule has 0 aliphatic carbocycles. The molecule has 92 valence electrons. The van der Waals surface area contributed by atoms with Crippen LogP contribution in [0.25, 0.3) is 0 Å². The van der Waals surface area contributed by atoms with Gasteiger partial charge in [-0.3, -0.25) is 4.79 Å². The highest BCUT2D eigenvalue weighted by molar-refractivity contribution is 6.31. The van der Waals surface area contributed by atoms with Crippen molar-refractivity contribution in [2.45, 2.75) is 25.8 Å². The number of halogens is 1. The standard InChI is InChI=1S/C13H17ClN2O/c1-9-4-3-7-16(9)13(17)11-8-10(14)5-6-12(11)15-2/h5-6,8-9,15H,3-4,7H2,1-2H3. The van der Waals surface area contributed by atoms with Gasteiger partial charge in [-0.15, -0.1) is 0 Å². The molecule has 2 rings (SSSR count). The van der Waals surface area contributed by atoms with Crippen LogP contribution in [0.3, 0.4) is 0 Å². The molecule has 3 nitrogen and oxygen atoms in total. The first-order valence-corrected chi connectivity index (χ1v) is 6.29. The molecule has 0 bridgehead atoms. The topological polar surface area (TPSA) is 32.3 Å². The Morgan fingerprint density at radius 1 is 1.53 bits per heavy atom. The molecule has 0 saturated carbocycles. The number of nitrogens with zero attached hydrogens (tertiary/aromatic N) is 1. The molecule has 1 amide bonds. The maximum absolute atomic E-state index is 12.4. The Labute approximate surface area is 107 Å². The fourth-order valence-electron chi connectivity index (χ4n) is 2.30. The predicted octanol–water partition coefficient (Wildman–Crippen LogP) is 3.01. The van der Waals surface area contributed by atoms with Crippen molar-refractivity contribution in [3.8, 4) is 0 Å². The van der Waals surface area contributed by atoms with Crippen molar-refractivity contribution in [1.29, 1.82) is 0 Å². The molecule has 1 unspecified atom stereocenters. The summed E-state index contributed by atoms with van der Waals surface area (Å²) in [6.07, 6.45) is 2.17. The van der Waals surface area contributed by atoms with Crippen molar-refractivity contribution in [2.24, 2.45) is 0 Å². The van der Waals surface area contributed by atoms with E-state index in [0.717, 1.165) is 25.1 Å². The number of carbonyl (C=O) groups excluding carboxylic acids is 1. The lowest BCUT2D eigenvalue weighted by Crippen LogP contribution is -2.34. The van der Waals surface area contributed by atoms with Gasteiger partial charge in [0.1, 0.15) is 0 Å². The number of hydrogen-bond acceptors (Lipinski definition) is 2. The lowest BCUT2D eigenvalue weighted by Gasteiger charge is -2.22. The summed E-state index contributed by atoms with van der Waals surface area (Å²) in [7, 11) is 1.81. The fraction of sp³-hybridized carbons (Fsp3) is 0.462. The first kappa shape index (κ1) is 12.2. The minimum absolute atomic E-state index is 0.0712. The molecule has 0 aromatic heterocycles. The van der Waals surface area contributed by atoms with Gasteiger partial charge in [0, 0.05) is 30.3 Å². The number of hydrogen-bond donors (Lipinski definition) is 1. The van der Waals surface area contributed by atoms with Crippen LogP contribution < -0.4 is 5.32 Å². The van der Waals surface area contributed by atoms with Gasteiger partial charge in [0.05, 0.1) is 5.56 Å². The van der Waals surface area contributed by atoms with E-state index in [1.54, 1.807) is 12.1 Å². The number of nitrogens with one attached hydrogen (secondary N) is 1. The van der Waals surface area contributed by atoms with Crippen molar-refractivity contribution >= 4 is 23.2 Å². The monoisotopic (exact) mass is 252 g/mol. The Hall–Kier alpha value is -1.22. The van der Waals surface area contributed by atoms with Gasteiger partial charge >= 0.3 is 0 Å². The molecule has 1 aromatic carbocycles. The molecule has 4 heteroatoms. The van der Waals surface area contributed by atoms with Crippen LogP contribution in [0.2, 0.25) is 5.02 Å². The summed E-state index contributed by atoms with van der Waals surface area (Å²) < 4.78 is 0. The van der Waals surface area contributed by atoms with Crippen molar-refractivity contribution < 1.29 is 4.79 Å². The molecule has 1 atom stereocenters. The minimum Gasteiger partial charge on any atom is -0.387 e. The summed E-state index contributed by atoms with van der Waals surface area (Å²) in [5.74, 6) is 0.0712. The van der Waals surface area contributed by atoms with Gasteiger partial charge in [0.25, 0.3) is 5.91 Å². The molecule has 1 saturated heterocycles. The Bertz CT molecular complexity index is 433.